The fourth-order valence-electron chi connectivity index (χ4n) is 5.03. The first-order chi connectivity index (χ1) is 14.1. The minimum Gasteiger partial charge on any atom is -0.323 e. The molecule has 146 valence electrons. The van der Waals surface area contributed by atoms with E-state index in [4.69, 9.17) is 0 Å². The van der Waals surface area contributed by atoms with Crippen LogP contribution in [0.5, 0.6) is 0 Å². The van der Waals surface area contributed by atoms with Crippen molar-refractivity contribution >= 4 is 23.4 Å². The number of anilines is 1. The van der Waals surface area contributed by atoms with Crippen molar-refractivity contribution in [3.05, 3.63) is 72.6 Å². The third-order valence-corrected chi connectivity index (χ3v) is 6.32. The summed E-state index contributed by atoms with van der Waals surface area (Å²) in [5, 5.41) is 2.82. The van der Waals surface area contributed by atoms with Crippen molar-refractivity contribution < 1.29 is 14.4 Å². The van der Waals surface area contributed by atoms with E-state index in [-0.39, 0.29) is 47.8 Å². The SMILES string of the molecule is O=C(Nc1cccnc1)[C@H](Cc1ccccc1)N1C(=O)[C@H]2[C@H](C1=O)[C@H]1C=C[C@H]2C1. The zero-order valence-electron chi connectivity index (χ0n) is 15.8. The minimum absolute atomic E-state index is 0.116. The quantitative estimate of drug-likeness (QED) is 0.631. The third-order valence-electron chi connectivity index (χ3n) is 6.32. The van der Waals surface area contributed by atoms with E-state index in [1.807, 2.05) is 30.3 Å². The van der Waals surface area contributed by atoms with Gasteiger partial charge in [-0.1, -0.05) is 42.5 Å². The number of carbonyl (C=O) groups is 3. The van der Waals surface area contributed by atoms with E-state index in [2.05, 4.69) is 22.5 Å². The van der Waals surface area contributed by atoms with Crippen molar-refractivity contribution in [1.29, 1.82) is 0 Å². The molecule has 6 nitrogen and oxygen atoms in total. The van der Waals surface area contributed by atoms with Gasteiger partial charge in [0.25, 0.3) is 0 Å². The number of benzene rings is 1. The molecule has 5 rings (SSSR count). The van der Waals surface area contributed by atoms with E-state index >= 15 is 0 Å². The molecule has 5 atom stereocenters. The van der Waals surface area contributed by atoms with Gasteiger partial charge in [-0.25, -0.2) is 0 Å². The predicted octanol–water partition coefficient (Wildman–Crippen LogP) is 2.44. The van der Waals surface area contributed by atoms with Crippen LogP contribution in [0.15, 0.2) is 67.0 Å². The van der Waals surface area contributed by atoms with Gasteiger partial charge in [0, 0.05) is 12.6 Å². The lowest BCUT2D eigenvalue weighted by atomic mass is 9.85. The number of hydrogen-bond donors (Lipinski definition) is 1. The topological polar surface area (TPSA) is 79.4 Å². The molecular weight excluding hydrogens is 366 g/mol. The molecule has 2 heterocycles. The molecule has 3 aliphatic rings. The number of fused-ring (bicyclic) bond motifs is 5. The van der Waals surface area contributed by atoms with Crippen LogP contribution >= 0.6 is 0 Å². The van der Waals surface area contributed by atoms with Crippen LogP contribution in [0.2, 0.25) is 0 Å². The van der Waals surface area contributed by atoms with Gasteiger partial charge in [0.05, 0.1) is 23.7 Å². The fourth-order valence-corrected chi connectivity index (χ4v) is 5.03. The second kappa shape index (κ2) is 6.95. The normalized spacial score (nSPS) is 27.9. The molecule has 2 bridgehead atoms. The summed E-state index contributed by atoms with van der Waals surface area (Å²) in [7, 11) is 0. The zero-order valence-corrected chi connectivity index (χ0v) is 15.8. The van der Waals surface area contributed by atoms with Crippen molar-refractivity contribution in [2.45, 2.75) is 18.9 Å². The summed E-state index contributed by atoms with van der Waals surface area (Å²) in [4.78, 5) is 45.0. The second-order valence-corrected chi connectivity index (χ2v) is 7.98. The first kappa shape index (κ1) is 17.8. The van der Waals surface area contributed by atoms with E-state index in [0.717, 1.165) is 12.0 Å². The molecule has 0 radical (unpaired) electrons. The van der Waals surface area contributed by atoms with Crippen LogP contribution in [0.4, 0.5) is 5.69 Å². The highest BCUT2D eigenvalue weighted by Crippen LogP contribution is 2.53. The van der Waals surface area contributed by atoms with E-state index in [1.54, 1.807) is 24.5 Å². The van der Waals surface area contributed by atoms with Crippen LogP contribution in [0.25, 0.3) is 0 Å². The van der Waals surface area contributed by atoms with Gasteiger partial charge in [-0.3, -0.25) is 24.3 Å². The Balaban J connectivity index is 1.46. The smallest absolute Gasteiger partial charge is 0.248 e. The summed E-state index contributed by atoms with van der Waals surface area (Å²) < 4.78 is 0. The Morgan fingerprint density at radius 3 is 2.34 bits per heavy atom. The molecule has 1 saturated heterocycles. The minimum atomic E-state index is -0.886. The number of nitrogens with one attached hydrogen (secondary N) is 1. The molecule has 1 N–H and O–H groups in total. The third kappa shape index (κ3) is 2.95. The fraction of sp³-hybridized carbons (Fsp3) is 0.304. The van der Waals surface area contributed by atoms with Crippen LogP contribution in [-0.2, 0) is 20.8 Å². The van der Waals surface area contributed by atoms with Crippen molar-refractivity contribution in [3.63, 3.8) is 0 Å². The van der Waals surface area contributed by atoms with Gasteiger partial charge in [-0.05, 0) is 36.0 Å². The molecule has 2 aliphatic carbocycles. The summed E-state index contributed by atoms with van der Waals surface area (Å²) in [5.74, 6) is -1.19. The van der Waals surface area contributed by atoms with Crippen LogP contribution in [-0.4, -0.2) is 33.6 Å². The van der Waals surface area contributed by atoms with Gasteiger partial charge in [0.15, 0.2) is 0 Å². The first-order valence-corrected chi connectivity index (χ1v) is 9.93. The molecule has 2 aromatic rings. The van der Waals surface area contributed by atoms with Crippen LogP contribution in [0.1, 0.15) is 12.0 Å². The Bertz CT molecular complexity index is 959. The molecule has 1 aliphatic heterocycles. The number of amides is 3. The molecule has 1 aromatic heterocycles. The van der Waals surface area contributed by atoms with Crippen molar-refractivity contribution in [1.82, 2.24) is 9.88 Å². The first-order valence-electron chi connectivity index (χ1n) is 9.93. The maximum atomic E-state index is 13.3. The van der Waals surface area contributed by atoms with Crippen LogP contribution in [0, 0.1) is 23.7 Å². The number of nitrogens with zero attached hydrogens (tertiary/aromatic N) is 2. The van der Waals surface area contributed by atoms with Crippen LogP contribution in [0.3, 0.4) is 0 Å². The number of rotatable bonds is 5. The number of likely N-dealkylation sites (tertiary alicyclic amines) is 1. The average Bonchev–Trinajstić information content (AvgIpc) is 3.42. The van der Waals surface area contributed by atoms with E-state index in [1.165, 1.54) is 4.90 Å². The van der Waals surface area contributed by atoms with Gasteiger partial charge >= 0.3 is 0 Å². The van der Waals surface area contributed by atoms with Gasteiger partial charge in [-0.2, -0.15) is 0 Å². The predicted molar refractivity (Wildman–Crippen MR) is 106 cm³/mol. The lowest BCUT2D eigenvalue weighted by Crippen LogP contribution is -2.49. The monoisotopic (exact) mass is 387 g/mol. The number of carbonyl (C=O) groups excluding carboxylic acids is 3. The molecule has 6 heteroatoms. The summed E-state index contributed by atoms with van der Waals surface area (Å²) >= 11 is 0. The van der Waals surface area contributed by atoms with E-state index in [0.29, 0.717) is 5.69 Å². The number of allylic oxidation sites excluding steroid dienone is 2. The largest absolute Gasteiger partial charge is 0.323 e. The van der Waals surface area contributed by atoms with Gasteiger partial charge in [0.1, 0.15) is 6.04 Å². The second-order valence-electron chi connectivity index (χ2n) is 7.98. The molecule has 1 saturated carbocycles. The number of hydrogen-bond acceptors (Lipinski definition) is 4. The Labute approximate surface area is 168 Å². The summed E-state index contributed by atoms with van der Waals surface area (Å²) in [5.41, 5.74) is 1.44. The van der Waals surface area contributed by atoms with E-state index < -0.39 is 6.04 Å². The summed E-state index contributed by atoms with van der Waals surface area (Å²) in [6, 6.07) is 12.0. The van der Waals surface area contributed by atoms with Gasteiger partial charge < -0.3 is 5.32 Å². The Morgan fingerprint density at radius 2 is 1.72 bits per heavy atom. The Hall–Kier alpha value is -3.28. The molecular formula is C23H21N3O3. The van der Waals surface area contributed by atoms with Gasteiger partial charge in [0.2, 0.25) is 17.7 Å². The molecule has 1 aromatic carbocycles. The molecule has 3 amide bonds. The van der Waals surface area contributed by atoms with Crippen molar-refractivity contribution in [2.24, 2.45) is 23.7 Å². The Morgan fingerprint density at radius 1 is 1.03 bits per heavy atom. The van der Waals surface area contributed by atoms with Crippen molar-refractivity contribution in [2.75, 3.05) is 5.32 Å². The zero-order chi connectivity index (χ0) is 20.0. The highest BCUT2D eigenvalue weighted by molar-refractivity contribution is 6.10. The van der Waals surface area contributed by atoms with E-state index in [9.17, 15) is 14.4 Å². The maximum Gasteiger partial charge on any atom is 0.248 e. The standard InChI is InChI=1S/C23H21N3O3/c27-21(25-17-7-4-10-24-13-17)18(11-14-5-2-1-3-6-14)26-22(28)19-15-8-9-16(12-15)20(19)23(26)29/h1-10,13,15-16,18-20H,11-12H2,(H,25,27)/t15-,16-,18-,19+,20+/m0/s1. The summed E-state index contributed by atoms with van der Waals surface area (Å²) in [6.07, 6.45) is 8.43. The number of imide groups is 1. The average molecular weight is 387 g/mol. The van der Waals surface area contributed by atoms with Gasteiger partial charge in [-0.15, -0.1) is 0 Å². The van der Waals surface area contributed by atoms with Crippen LogP contribution < -0.4 is 5.32 Å². The molecule has 2 fully saturated rings. The summed E-state index contributed by atoms with van der Waals surface area (Å²) in [6.45, 7) is 0. The van der Waals surface area contributed by atoms with Crippen molar-refractivity contribution in [3.8, 4) is 0 Å². The molecule has 0 unspecified atom stereocenters. The Kier molecular flexibility index (Phi) is 4.27. The highest BCUT2D eigenvalue weighted by atomic mass is 16.2. The lowest BCUT2D eigenvalue weighted by Gasteiger charge is -2.27. The molecule has 29 heavy (non-hydrogen) atoms. The number of pyridine rings is 1. The maximum absolute atomic E-state index is 13.3. The highest BCUT2D eigenvalue weighted by Gasteiger charge is 2.61. The number of aromatic nitrogens is 1. The lowest BCUT2D eigenvalue weighted by molar-refractivity contribution is -0.147. The molecule has 0 spiro atoms.